The average molecular weight is 333 g/mol. The predicted molar refractivity (Wildman–Crippen MR) is 91.7 cm³/mol. The molecule has 23 heavy (non-hydrogen) atoms. The zero-order valence-corrected chi connectivity index (χ0v) is 14.2. The third-order valence-corrected chi connectivity index (χ3v) is 6.89. The van der Waals surface area contributed by atoms with Gasteiger partial charge < -0.3 is 5.11 Å². The van der Waals surface area contributed by atoms with E-state index in [1.807, 2.05) is 30.3 Å². The Bertz CT molecular complexity index is 780. The van der Waals surface area contributed by atoms with E-state index in [0.717, 1.165) is 36.5 Å². The number of benzene rings is 2. The van der Waals surface area contributed by atoms with E-state index < -0.39 is 10.0 Å². The van der Waals surface area contributed by atoms with Gasteiger partial charge in [0.15, 0.2) is 0 Å². The molecule has 3 rings (SSSR count). The first kappa shape index (κ1) is 16.4. The molecule has 4 nitrogen and oxygen atoms in total. The van der Waals surface area contributed by atoms with Gasteiger partial charge in [0, 0.05) is 19.7 Å². The van der Waals surface area contributed by atoms with Crippen LogP contribution in [-0.2, 0) is 10.0 Å². The van der Waals surface area contributed by atoms with Crippen LogP contribution in [-0.4, -0.2) is 37.5 Å². The Balaban J connectivity index is 1.84. The minimum Gasteiger partial charge on any atom is -0.396 e. The number of hydrogen-bond acceptors (Lipinski definition) is 3. The number of sulfonamides is 1. The van der Waals surface area contributed by atoms with Crippen LogP contribution in [0.1, 0.15) is 25.7 Å². The first-order valence-electron chi connectivity index (χ1n) is 8.10. The van der Waals surface area contributed by atoms with Crippen molar-refractivity contribution < 1.29 is 13.5 Å². The highest BCUT2D eigenvalue weighted by Gasteiger charge is 2.31. The number of fused-ring (bicyclic) bond motifs is 1. The number of aliphatic hydroxyl groups is 1. The lowest BCUT2D eigenvalue weighted by Gasteiger charge is -2.33. The van der Waals surface area contributed by atoms with Crippen LogP contribution in [0.4, 0.5) is 0 Å². The predicted octanol–water partition coefficient (Wildman–Crippen LogP) is 3.01. The monoisotopic (exact) mass is 333 g/mol. The molecule has 0 unspecified atom stereocenters. The molecule has 1 aliphatic rings. The van der Waals surface area contributed by atoms with E-state index in [0.29, 0.717) is 10.8 Å². The van der Waals surface area contributed by atoms with Gasteiger partial charge in [-0.2, -0.15) is 4.31 Å². The first-order valence-corrected chi connectivity index (χ1v) is 9.54. The second-order valence-electron chi connectivity index (χ2n) is 6.39. The summed E-state index contributed by atoms with van der Waals surface area (Å²) in [7, 11) is -1.81. The minimum atomic E-state index is -3.48. The van der Waals surface area contributed by atoms with Crippen molar-refractivity contribution in [1.82, 2.24) is 4.31 Å². The molecule has 0 aliphatic heterocycles. The minimum absolute atomic E-state index is 0.0225. The Hall–Kier alpha value is -1.43. The maximum Gasteiger partial charge on any atom is 0.243 e. The fourth-order valence-corrected chi connectivity index (χ4v) is 4.83. The van der Waals surface area contributed by atoms with Gasteiger partial charge >= 0.3 is 0 Å². The summed E-state index contributed by atoms with van der Waals surface area (Å²) in [5.41, 5.74) is 0. The van der Waals surface area contributed by atoms with Crippen molar-refractivity contribution in [2.24, 2.45) is 5.92 Å². The van der Waals surface area contributed by atoms with E-state index >= 15 is 0 Å². The summed E-state index contributed by atoms with van der Waals surface area (Å²) in [6, 6.07) is 13.1. The quantitative estimate of drug-likeness (QED) is 0.936. The molecule has 1 fully saturated rings. The molecule has 2 aromatic carbocycles. The molecule has 0 amide bonds. The Kier molecular flexibility index (Phi) is 4.71. The second kappa shape index (κ2) is 6.59. The SMILES string of the molecule is CN(C1CCC(CO)CC1)S(=O)(=O)c1ccc2ccccc2c1. The molecule has 0 aromatic heterocycles. The van der Waals surface area contributed by atoms with Crippen LogP contribution in [0.5, 0.6) is 0 Å². The summed E-state index contributed by atoms with van der Waals surface area (Å²) in [4.78, 5) is 0.350. The van der Waals surface area contributed by atoms with Gasteiger partial charge in [0.25, 0.3) is 0 Å². The van der Waals surface area contributed by atoms with Crippen LogP contribution < -0.4 is 0 Å². The molecule has 124 valence electrons. The third kappa shape index (κ3) is 3.27. The van der Waals surface area contributed by atoms with Crippen LogP contribution in [0.3, 0.4) is 0 Å². The van der Waals surface area contributed by atoms with E-state index in [4.69, 9.17) is 0 Å². The molecule has 1 aliphatic carbocycles. The largest absolute Gasteiger partial charge is 0.396 e. The fraction of sp³-hybridized carbons (Fsp3) is 0.444. The Morgan fingerprint density at radius 3 is 2.35 bits per heavy atom. The molecular formula is C18H23NO3S. The van der Waals surface area contributed by atoms with Gasteiger partial charge in [-0.3, -0.25) is 0 Å². The van der Waals surface area contributed by atoms with Crippen LogP contribution in [0, 0.1) is 5.92 Å². The smallest absolute Gasteiger partial charge is 0.243 e. The van der Waals surface area contributed by atoms with Gasteiger partial charge in [0.2, 0.25) is 10.0 Å². The van der Waals surface area contributed by atoms with E-state index in [-0.39, 0.29) is 12.6 Å². The molecular weight excluding hydrogens is 310 g/mol. The Morgan fingerprint density at radius 1 is 1.04 bits per heavy atom. The summed E-state index contributed by atoms with van der Waals surface area (Å²) >= 11 is 0. The summed E-state index contributed by atoms with van der Waals surface area (Å²) in [6.45, 7) is 0.202. The molecule has 0 heterocycles. The van der Waals surface area contributed by atoms with E-state index in [9.17, 15) is 13.5 Å². The summed E-state index contributed by atoms with van der Waals surface area (Å²) in [5.74, 6) is 0.322. The number of aliphatic hydroxyl groups excluding tert-OH is 1. The van der Waals surface area contributed by atoms with Gasteiger partial charge in [0.05, 0.1) is 4.90 Å². The average Bonchev–Trinajstić information content (AvgIpc) is 2.60. The molecule has 0 atom stereocenters. The van der Waals surface area contributed by atoms with Gasteiger partial charge in [-0.05, 0) is 54.5 Å². The van der Waals surface area contributed by atoms with Crippen molar-refractivity contribution in [3.63, 3.8) is 0 Å². The molecule has 0 radical (unpaired) electrons. The summed E-state index contributed by atoms with van der Waals surface area (Å²) in [6.07, 6.45) is 3.40. The molecule has 1 N–H and O–H groups in total. The van der Waals surface area contributed by atoms with Crippen molar-refractivity contribution in [3.8, 4) is 0 Å². The van der Waals surface area contributed by atoms with Crippen molar-refractivity contribution >= 4 is 20.8 Å². The van der Waals surface area contributed by atoms with Gasteiger partial charge in [0.1, 0.15) is 0 Å². The first-order chi connectivity index (χ1) is 11.0. The lowest BCUT2D eigenvalue weighted by atomic mass is 9.87. The number of rotatable bonds is 4. The molecule has 5 heteroatoms. The molecule has 2 aromatic rings. The van der Waals surface area contributed by atoms with Crippen LogP contribution in [0.25, 0.3) is 10.8 Å². The molecule has 0 bridgehead atoms. The summed E-state index contributed by atoms with van der Waals surface area (Å²) in [5, 5.41) is 11.2. The lowest BCUT2D eigenvalue weighted by molar-refractivity contribution is 0.159. The third-order valence-electron chi connectivity index (χ3n) is 4.99. The van der Waals surface area contributed by atoms with Crippen LogP contribution >= 0.6 is 0 Å². The Labute approximate surface area is 137 Å². The van der Waals surface area contributed by atoms with E-state index in [1.54, 1.807) is 19.2 Å². The highest BCUT2D eigenvalue weighted by Crippen LogP contribution is 2.30. The van der Waals surface area contributed by atoms with Crippen molar-refractivity contribution in [2.45, 2.75) is 36.6 Å². The van der Waals surface area contributed by atoms with Gasteiger partial charge in [-0.1, -0.05) is 30.3 Å². The van der Waals surface area contributed by atoms with Crippen LogP contribution in [0.2, 0.25) is 0 Å². The molecule has 0 saturated heterocycles. The fourth-order valence-electron chi connectivity index (χ4n) is 3.38. The topological polar surface area (TPSA) is 57.6 Å². The zero-order valence-electron chi connectivity index (χ0n) is 13.4. The number of nitrogens with zero attached hydrogens (tertiary/aromatic N) is 1. The van der Waals surface area contributed by atoms with Crippen molar-refractivity contribution in [1.29, 1.82) is 0 Å². The van der Waals surface area contributed by atoms with Gasteiger partial charge in [-0.25, -0.2) is 8.42 Å². The van der Waals surface area contributed by atoms with E-state index in [2.05, 4.69) is 0 Å². The van der Waals surface area contributed by atoms with Gasteiger partial charge in [-0.15, -0.1) is 0 Å². The molecule has 0 spiro atoms. The summed E-state index contributed by atoms with van der Waals surface area (Å²) < 4.78 is 27.3. The van der Waals surface area contributed by atoms with Crippen molar-refractivity contribution in [3.05, 3.63) is 42.5 Å². The maximum absolute atomic E-state index is 12.9. The highest BCUT2D eigenvalue weighted by atomic mass is 32.2. The highest BCUT2D eigenvalue weighted by molar-refractivity contribution is 7.89. The Morgan fingerprint density at radius 2 is 1.70 bits per heavy atom. The maximum atomic E-state index is 12.9. The zero-order chi connectivity index (χ0) is 16.4. The van der Waals surface area contributed by atoms with Crippen molar-refractivity contribution in [2.75, 3.05) is 13.7 Å². The lowest BCUT2D eigenvalue weighted by Crippen LogP contribution is -2.39. The van der Waals surface area contributed by atoms with Crippen LogP contribution in [0.15, 0.2) is 47.4 Å². The molecule has 1 saturated carbocycles. The second-order valence-corrected chi connectivity index (χ2v) is 8.38. The van der Waals surface area contributed by atoms with E-state index in [1.165, 1.54) is 4.31 Å². The standard InChI is InChI=1S/C18H23NO3S/c1-19(17-9-6-14(13-20)7-10-17)23(21,22)18-11-8-15-4-2-3-5-16(15)12-18/h2-5,8,11-12,14,17,20H,6-7,9-10,13H2,1H3. The number of hydrogen-bond donors (Lipinski definition) is 1. The normalized spacial score (nSPS) is 22.6.